The molecule has 1 N–H and O–H groups in total. The number of nitrogens with one attached hydrogen (secondary N) is 1. The van der Waals surface area contributed by atoms with Crippen LogP contribution in [0, 0.1) is 0 Å². The topological polar surface area (TPSA) is 50.8 Å². The summed E-state index contributed by atoms with van der Waals surface area (Å²) in [5.41, 5.74) is 0. The Bertz CT molecular complexity index is 223. The monoisotopic (exact) mass is 228 g/mol. The quantitative estimate of drug-likeness (QED) is 0.712. The van der Waals surface area contributed by atoms with Crippen LogP contribution in [0.4, 0.5) is 0 Å². The van der Waals surface area contributed by atoms with Gasteiger partial charge in [0, 0.05) is 32.8 Å². The Morgan fingerprint density at radius 3 is 2.81 bits per heavy atom. The van der Waals surface area contributed by atoms with E-state index in [4.69, 9.17) is 9.47 Å². The van der Waals surface area contributed by atoms with E-state index in [-0.39, 0.29) is 12.0 Å². The van der Waals surface area contributed by atoms with Crippen molar-refractivity contribution in [3.8, 4) is 0 Å². The fourth-order valence-corrected chi connectivity index (χ4v) is 2.06. The smallest absolute Gasteiger partial charge is 0.249 e. The average Bonchev–Trinajstić information content (AvgIpc) is 2.84. The van der Waals surface area contributed by atoms with Crippen LogP contribution >= 0.6 is 0 Å². The van der Waals surface area contributed by atoms with Crippen LogP contribution in [0.3, 0.4) is 0 Å². The number of ether oxygens (including phenoxy) is 2. The van der Waals surface area contributed by atoms with Gasteiger partial charge in [-0.25, -0.2) is 0 Å². The van der Waals surface area contributed by atoms with Crippen LogP contribution in [0.2, 0.25) is 0 Å². The van der Waals surface area contributed by atoms with Gasteiger partial charge >= 0.3 is 0 Å². The summed E-state index contributed by atoms with van der Waals surface area (Å²) in [5.74, 6) is 0.0470. The van der Waals surface area contributed by atoms with E-state index in [0.717, 1.165) is 52.3 Å². The van der Waals surface area contributed by atoms with E-state index in [2.05, 4.69) is 10.2 Å². The second-order valence-electron chi connectivity index (χ2n) is 4.25. The fraction of sp³-hybridized carbons (Fsp3) is 0.909. The molecule has 0 aromatic heterocycles. The van der Waals surface area contributed by atoms with Crippen molar-refractivity contribution in [3.63, 3.8) is 0 Å². The number of amides is 1. The van der Waals surface area contributed by atoms with Crippen molar-refractivity contribution in [2.75, 3.05) is 46.0 Å². The van der Waals surface area contributed by atoms with Crippen LogP contribution in [-0.4, -0.2) is 62.9 Å². The molecule has 1 atom stereocenters. The Morgan fingerprint density at radius 2 is 2.12 bits per heavy atom. The summed E-state index contributed by atoms with van der Waals surface area (Å²) in [7, 11) is 0. The molecule has 0 radical (unpaired) electrons. The zero-order chi connectivity index (χ0) is 11.2. The number of nitrogens with zero attached hydrogens (tertiary/aromatic N) is 1. The number of morpholine rings is 1. The van der Waals surface area contributed by atoms with E-state index in [0.29, 0.717) is 6.54 Å². The minimum Gasteiger partial charge on any atom is -0.379 e. The lowest BCUT2D eigenvalue weighted by Crippen LogP contribution is -2.43. The molecule has 5 heteroatoms. The van der Waals surface area contributed by atoms with Crippen LogP contribution in [0.25, 0.3) is 0 Å². The van der Waals surface area contributed by atoms with Gasteiger partial charge in [-0.3, -0.25) is 9.69 Å². The van der Waals surface area contributed by atoms with Crippen molar-refractivity contribution in [3.05, 3.63) is 0 Å². The summed E-state index contributed by atoms with van der Waals surface area (Å²) in [5, 5.41) is 2.93. The molecule has 0 bridgehead atoms. The largest absolute Gasteiger partial charge is 0.379 e. The van der Waals surface area contributed by atoms with Gasteiger partial charge in [0.05, 0.1) is 13.2 Å². The molecule has 0 saturated carbocycles. The van der Waals surface area contributed by atoms with E-state index in [1.54, 1.807) is 0 Å². The first-order valence-corrected chi connectivity index (χ1v) is 6.06. The highest BCUT2D eigenvalue weighted by Crippen LogP contribution is 2.11. The minimum absolute atomic E-state index is 0.0470. The van der Waals surface area contributed by atoms with Crippen LogP contribution in [0.15, 0.2) is 0 Å². The molecule has 2 fully saturated rings. The van der Waals surface area contributed by atoms with E-state index in [1.165, 1.54) is 0 Å². The summed E-state index contributed by atoms with van der Waals surface area (Å²) < 4.78 is 10.6. The molecule has 0 aliphatic carbocycles. The number of rotatable bonds is 4. The van der Waals surface area contributed by atoms with E-state index in [9.17, 15) is 4.79 Å². The molecule has 0 aromatic carbocycles. The van der Waals surface area contributed by atoms with Gasteiger partial charge in [0.25, 0.3) is 0 Å². The van der Waals surface area contributed by atoms with Crippen molar-refractivity contribution >= 4 is 5.91 Å². The first-order valence-electron chi connectivity index (χ1n) is 6.06. The molecule has 2 rings (SSSR count). The van der Waals surface area contributed by atoms with Crippen LogP contribution < -0.4 is 5.32 Å². The Labute approximate surface area is 96.1 Å². The fourth-order valence-electron chi connectivity index (χ4n) is 2.06. The summed E-state index contributed by atoms with van der Waals surface area (Å²) in [6, 6.07) is 0. The molecule has 2 heterocycles. The van der Waals surface area contributed by atoms with Crippen LogP contribution in [0.1, 0.15) is 12.8 Å². The predicted octanol–water partition coefficient (Wildman–Crippen LogP) is -0.386. The van der Waals surface area contributed by atoms with Crippen molar-refractivity contribution in [2.45, 2.75) is 18.9 Å². The Morgan fingerprint density at radius 1 is 1.31 bits per heavy atom. The third-order valence-corrected chi connectivity index (χ3v) is 3.05. The molecule has 92 valence electrons. The molecule has 0 aromatic rings. The Hall–Kier alpha value is -0.650. The average molecular weight is 228 g/mol. The summed E-state index contributed by atoms with van der Waals surface area (Å²) in [4.78, 5) is 13.9. The number of carbonyl (C=O) groups is 1. The maximum atomic E-state index is 11.6. The van der Waals surface area contributed by atoms with Gasteiger partial charge in [-0.05, 0) is 12.8 Å². The molecule has 1 amide bonds. The third-order valence-electron chi connectivity index (χ3n) is 3.05. The zero-order valence-corrected chi connectivity index (χ0v) is 9.61. The van der Waals surface area contributed by atoms with Crippen molar-refractivity contribution in [1.29, 1.82) is 0 Å². The molecular formula is C11H20N2O3. The highest BCUT2D eigenvalue weighted by molar-refractivity contribution is 5.80. The molecule has 5 nitrogen and oxygen atoms in total. The maximum Gasteiger partial charge on any atom is 0.249 e. The molecule has 0 unspecified atom stereocenters. The second-order valence-corrected chi connectivity index (χ2v) is 4.25. The lowest BCUT2D eigenvalue weighted by Gasteiger charge is -2.26. The number of hydrogen-bond acceptors (Lipinski definition) is 4. The van der Waals surface area contributed by atoms with E-state index in [1.807, 2.05) is 0 Å². The number of hydrogen-bond donors (Lipinski definition) is 1. The summed E-state index contributed by atoms with van der Waals surface area (Å²) in [6.07, 6.45) is 1.66. The van der Waals surface area contributed by atoms with Gasteiger partial charge in [-0.15, -0.1) is 0 Å². The van der Waals surface area contributed by atoms with Crippen molar-refractivity contribution < 1.29 is 14.3 Å². The normalized spacial score (nSPS) is 26.9. The Balaban J connectivity index is 1.57. The molecule has 0 spiro atoms. The highest BCUT2D eigenvalue weighted by Gasteiger charge is 2.23. The first kappa shape index (κ1) is 11.8. The second kappa shape index (κ2) is 6.18. The van der Waals surface area contributed by atoms with Crippen molar-refractivity contribution in [2.24, 2.45) is 0 Å². The molecule has 2 aliphatic rings. The Kier molecular flexibility index (Phi) is 4.56. The van der Waals surface area contributed by atoms with E-state index < -0.39 is 0 Å². The van der Waals surface area contributed by atoms with Gasteiger partial charge in [0.15, 0.2) is 0 Å². The van der Waals surface area contributed by atoms with Crippen molar-refractivity contribution in [1.82, 2.24) is 10.2 Å². The highest BCUT2D eigenvalue weighted by atomic mass is 16.5. The lowest BCUT2D eigenvalue weighted by atomic mass is 10.2. The first-order chi connectivity index (χ1) is 7.86. The van der Waals surface area contributed by atoms with Gasteiger partial charge in [-0.1, -0.05) is 0 Å². The van der Waals surface area contributed by atoms with Gasteiger partial charge < -0.3 is 14.8 Å². The summed E-state index contributed by atoms with van der Waals surface area (Å²) >= 11 is 0. The van der Waals surface area contributed by atoms with Crippen LogP contribution in [-0.2, 0) is 14.3 Å². The third kappa shape index (κ3) is 3.43. The molecule has 2 aliphatic heterocycles. The minimum atomic E-state index is -0.204. The van der Waals surface area contributed by atoms with Gasteiger partial charge in [-0.2, -0.15) is 0 Å². The predicted molar refractivity (Wildman–Crippen MR) is 59.2 cm³/mol. The van der Waals surface area contributed by atoms with Gasteiger partial charge in [0.2, 0.25) is 5.91 Å². The maximum absolute atomic E-state index is 11.6. The SMILES string of the molecule is O=C(NCCN1CCOCC1)[C@H]1CCCO1. The summed E-state index contributed by atoms with van der Waals surface area (Å²) in [6.45, 7) is 5.88. The molecule has 2 saturated heterocycles. The standard InChI is InChI=1S/C11H20N2O3/c14-11(10-2-1-7-16-10)12-3-4-13-5-8-15-9-6-13/h10H,1-9H2,(H,12,14)/t10-/m1/s1. The lowest BCUT2D eigenvalue weighted by molar-refractivity contribution is -0.130. The van der Waals surface area contributed by atoms with Gasteiger partial charge in [0.1, 0.15) is 6.10 Å². The van der Waals surface area contributed by atoms with Crippen LogP contribution in [0.5, 0.6) is 0 Å². The van der Waals surface area contributed by atoms with E-state index >= 15 is 0 Å². The molecular weight excluding hydrogens is 208 g/mol. The zero-order valence-electron chi connectivity index (χ0n) is 9.61. The molecule has 16 heavy (non-hydrogen) atoms. The number of carbonyl (C=O) groups excluding carboxylic acids is 1.